The molecule has 2 aromatic rings. The molecule has 0 unspecified atom stereocenters. The standard InChI is InChI=1S/C18H21N5O2/c1-12-4-3-5-14-15(12)17(24)22(2)16(21-14)13-10-19-18(20-11-13)23-6-8-25-9-7-23/h3-5,10-11,16,21H,6-9H2,1-2H3/t16-/m0/s1. The highest BCUT2D eigenvalue weighted by Crippen LogP contribution is 2.33. The molecule has 4 rings (SSSR count). The van der Waals surface area contributed by atoms with Crippen molar-refractivity contribution in [3.63, 3.8) is 0 Å². The van der Waals surface area contributed by atoms with E-state index in [-0.39, 0.29) is 12.1 Å². The number of carbonyl (C=O) groups excluding carboxylic acids is 1. The van der Waals surface area contributed by atoms with Crippen molar-refractivity contribution >= 4 is 17.5 Å². The first-order chi connectivity index (χ1) is 12.1. The average Bonchev–Trinajstić information content (AvgIpc) is 2.65. The Morgan fingerprint density at radius 3 is 2.64 bits per heavy atom. The Hall–Kier alpha value is -2.67. The van der Waals surface area contributed by atoms with Crippen LogP contribution in [0.25, 0.3) is 0 Å². The molecule has 3 heterocycles. The van der Waals surface area contributed by atoms with Gasteiger partial charge in [0.15, 0.2) is 0 Å². The minimum atomic E-state index is -0.277. The fourth-order valence-electron chi connectivity index (χ4n) is 3.32. The van der Waals surface area contributed by atoms with Crippen LogP contribution in [-0.2, 0) is 4.74 Å². The molecule has 7 heteroatoms. The van der Waals surface area contributed by atoms with Crippen LogP contribution in [-0.4, -0.2) is 54.1 Å². The summed E-state index contributed by atoms with van der Waals surface area (Å²) in [4.78, 5) is 25.5. The highest BCUT2D eigenvalue weighted by Gasteiger charge is 2.31. The molecule has 7 nitrogen and oxygen atoms in total. The van der Waals surface area contributed by atoms with Crippen molar-refractivity contribution in [2.45, 2.75) is 13.1 Å². The molecular weight excluding hydrogens is 318 g/mol. The summed E-state index contributed by atoms with van der Waals surface area (Å²) < 4.78 is 5.36. The number of aryl methyl sites for hydroxylation is 1. The topological polar surface area (TPSA) is 70.6 Å². The first-order valence-electron chi connectivity index (χ1n) is 8.43. The van der Waals surface area contributed by atoms with E-state index in [0.29, 0.717) is 19.2 Å². The first-order valence-corrected chi connectivity index (χ1v) is 8.43. The van der Waals surface area contributed by atoms with Crippen LogP contribution in [0, 0.1) is 6.92 Å². The number of hydrogen-bond donors (Lipinski definition) is 1. The van der Waals surface area contributed by atoms with Crippen LogP contribution in [0.5, 0.6) is 0 Å². The zero-order valence-electron chi connectivity index (χ0n) is 14.4. The summed E-state index contributed by atoms with van der Waals surface area (Å²) in [6, 6.07) is 5.84. The number of amides is 1. The Balaban J connectivity index is 1.60. The lowest BCUT2D eigenvalue weighted by Gasteiger charge is -2.36. The number of rotatable bonds is 2. The predicted molar refractivity (Wildman–Crippen MR) is 94.7 cm³/mol. The van der Waals surface area contributed by atoms with Gasteiger partial charge in [-0.25, -0.2) is 9.97 Å². The Kier molecular flexibility index (Phi) is 4.01. The SMILES string of the molecule is Cc1cccc2c1C(=O)N(C)[C@@H](c1cnc(N3CCOCC3)nc1)N2. The number of ether oxygens (including phenoxy) is 1. The van der Waals surface area contributed by atoms with Gasteiger partial charge in [-0.2, -0.15) is 0 Å². The van der Waals surface area contributed by atoms with E-state index < -0.39 is 0 Å². The summed E-state index contributed by atoms with van der Waals surface area (Å²) >= 11 is 0. The molecule has 1 saturated heterocycles. The predicted octanol–water partition coefficient (Wildman–Crippen LogP) is 1.82. The van der Waals surface area contributed by atoms with Gasteiger partial charge in [-0.3, -0.25) is 4.79 Å². The Morgan fingerprint density at radius 2 is 1.92 bits per heavy atom. The number of carbonyl (C=O) groups is 1. The van der Waals surface area contributed by atoms with Crippen LogP contribution in [0.1, 0.15) is 27.7 Å². The lowest BCUT2D eigenvalue weighted by Crippen LogP contribution is -2.41. The van der Waals surface area contributed by atoms with Gasteiger partial charge in [-0.1, -0.05) is 12.1 Å². The van der Waals surface area contributed by atoms with Crippen LogP contribution in [0.3, 0.4) is 0 Å². The van der Waals surface area contributed by atoms with Crippen LogP contribution in [0.2, 0.25) is 0 Å². The van der Waals surface area contributed by atoms with Gasteiger partial charge in [0, 0.05) is 43.8 Å². The third kappa shape index (κ3) is 2.80. The molecule has 0 saturated carbocycles. The van der Waals surface area contributed by atoms with Crippen molar-refractivity contribution in [2.75, 3.05) is 43.6 Å². The van der Waals surface area contributed by atoms with Crippen molar-refractivity contribution in [2.24, 2.45) is 0 Å². The molecule has 0 spiro atoms. The van der Waals surface area contributed by atoms with E-state index in [4.69, 9.17) is 4.74 Å². The molecule has 130 valence electrons. The molecule has 1 aromatic carbocycles. The van der Waals surface area contributed by atoms with Crippen LogP contribution in [0.15, 0.2) is 30.6 Å². The van der Waals surface area contributed by atoms with E-state index in [1.807, 2.05) is 25.1 Å². The molecule has 25 heavy (non-hydrogen) atoms. The molecule has 2 aliphatic heterocycles. The molecule has 1 amide bonds. The van der Waals surface area contributed by atoms with E-state index in [9.17, 15) is 4.79 Å². The lowest BCUT2D eigenvalue weighted by molar-refractivity contribution is 0.0734. The summed E-state index contributed by atoms with van der Waals surface area (Å²) in [6.45, 7) is 4.94. The second-order valence-corrected chi connectivity index (χ2v) is 6.38. The third-order valence-corrected chi connectivity index (χ3v) is 4.75. The summed E-state index contributed by atoms with van der Waals surface area (Å²) in [6.07, 6.45) is 3.31. The maximum atomic E-state index is 12.8. The molecule has 1 fully saturated rings. The van der Waals surface area contributed by atoms with Crippen LogP contribution < -0.4 is 10.2 Å². The largest absolute Gasteiger partial charge is 0.378 e. The van der Waals surface area contributed by atoms with Crippen molar-refractivity contribution in [1.82, 2.24) is 14.9 Å². The van der Waals surface area contributed by atoms with E-state index in [1.54, 1.807) is 24.3 Å². The normalized spacial score (nSPS) is 20.2. The summed E-state index contributed by atoms with van der Waals surface area (Å²) in [7, 11) is 1.80. The van der Waals surface area contributed by atoms with Gasteiger partial charge in [0.1, 0.15) is 6.17 Å². The molecule has 1 atom stereocenters. The highest BCUT2D eigenvalue weighted by atomic mass is 16.5. The summed E-state index contributed by atoms with van der Waals surface area (Å²) in [5, 5.41) is 3.42. The zero-order valence-corrected chi connectivity index (χ0v) is 14.4. The number of hydrogen-bond acceptors (Lipinski definition) is 6. The Morgan fingerprint density at radius 1 is 1.20 bits per heavy atom. The Bertz CT molecular complexity index is 787. The molecule has 2 aliphatic rings. The number of benzene rings is 1. The molecular formula is C18H21N5O2. The van der Waals surface area contributed by atoms with Gasteiger partial charge >= 0.3 is 0 Å². The number of aromatic nitrogens is 2. The number of fused-ring (bicyclic) bond motifs is 1. The second kappa shape index (κ2) is 6.33. The lowest BCUT2D eigenvalue weighted by atomic mass is 10.0. The average molecular weight is 339 g/mol. The van der Waals surface area contributed by atoms with E-state index in [0.717, 1.165) is 35.5 Å². The van der Waals surface area contributed by atoms with Gasteiger partial charge in [0.25, 0.3) is 5.91 Å². The maximum Gasteiger partial charge on any atom is 0.257 e. The first kappa shape index (κ1) is 15.8. The molecule has 0 aliphatic carbocycles. The van der Waals surface area contributed by atoms with Crippen molar-refractivity contribution in [1.29, 1.82) is 0 Å². The van der Waals surface area contributed by atoms with Gasteiger partial charge in [0.2, 0.25) is 5.95 Å². The van der Waals surface area contributed by atoms with Crippen LogP contribution in [0.4, 0.5) is 11.6 Å². The minimum absolute atomic E-state index is 0.00843. The number of nitrogens with zero attached hydrogens (tertiary/aromatic N) is 4. The number of anilines is 2. The molecule has 0 radical (unpaired) electrons. The van der Waals surface area contributed by atoms with E-state index in [1.165, 1.54) is 0 Å². The van der Waals surface area contributed by atoms with E-state index in [2.05, 4.69) is 20.2 Å². The van der Waals surface area contributed by atoms with Crippen molar-refractivity contribution in [3.8, 4) is 0 Å². The minimum Gasteiger partial charge on any atom is -0.378 e. The van der Waals surface area contributed by atoms with Gasteiger partial charge in [0.05, 0.1) is 18.8 Å². The smallest absolute Gasteiger partial charge is 0.257 e. The Labute approximate surface area is 146 Å². The highest BCUT2D eigenvalue weighted by molar-refractivity contribution is 6.02. The third-order valence-electron chi connectivity index (χ3n) is 4.75. The molecule has 0 bridgehead atoms. The monoisotopic (exact) mass is 339 g/mol. The number of nitrogens with one attached hydrogen (secondary N) is 1. The van der Waals surface area contributed by atoms with Crippen molar-refractivity contribution < 1.29 is 9.53 Å². The quantitative estimate of drug-likeness (QED) is 0.900. The van der Waals surface area contributed by atoms with Gasteiger partial charge in [-0.15, -0.1) is 0 Å². The second-order valence-electron chi connectivity index (χ2n) is 6.38. The summed E-state index contributed by atoms with van der Waals surface area (Å²) in [5.74, 6) is 0.710. The molecule has 1 aromatic heterocycles. The van der Waals surface area contributed by atoms with Crippen LogP contribution >= 0.6 is 0 Å². The fourth-order valence-corrected chi connectivity index (χ4v) is 3.32. The zero-order chi connectivity index (χ0) is 17.4. The van der Waals surface area contributed by atoms with Gasteiger partial charge in [-0.05, 0) is 18.6 Å². The van der Waals surface area contributed by atoms with Crippen molar-refractivity contribution in [3.05, 3.63) is 47.3 Å². The summed E-state index contributed by atoms with van der Waals surface area (Å²) in [5.41, 5.74) is 3.41. The van der Waals surface area contributed by atoms with Gasteiger partial charge < -0.3 is 19.9 Å². The number of morpholine rings is 1. The fraction of sp³-hybridized carbons (Fsp3) is 0.389. The maximum absolute atomic E-state index is 12.8. The molecule has 1 N–H and O–H groups in total. The van der Waals surface area contributed by atoms with E-state index >= 15 is 0 Å².